The van der Waals surface area contributed by atoms with Gasteiger partial charge in [0.05, 0.1) is 12.8 Å². The van der Waals surface area contributed by atoms with Crippen LogP contribution in [-0.2, 0) is 11.3 Å². The number of hydrogen-bond acceptors (Lipinski definition) is 3. The molecule has 0 aromatic carbocycles. The Kier molecular flexibility index (Phi) is 4.11. The van der Waals surface area contributed by atoms with Gasteiger partial charge < -0.3 is 4.74 Å². The fourth-order valence-electron chi connectivity index (χ4n) is 0.832. The minimum Gasteiger partial charge on any atom is -0.362 e. The van der Waals surface area contributed by atoms with Crippen LogP contribution in [-0.4, -0.2) is 19.1 Å². The average Bonchev–Trinajstić information content (AvgIpc) is 2.48. The van der Waals surface area contributed by atoms with Gasteiger partial charge in [-0.25, -0.2) is 4.68 Å². The fourth-order valence-corrected chi connectivity index (χ4v) is 1.01. The Hall–Kier alpha value is -0.170. The van der Waals surface area contributed by atoms with E-state index < -0.39 is 0 Å². The van der Waals surface area contributed by atoms with E-state index in [1.165, 1.54) is 0 Å². The first-order chi connectivity index (χ1) is 6.09. The Bertz CT molecular complexity index is 260. The standard InChI is InChI=1S/C8H14IN3O/c1-6(2)12-4-8(10-11-12)5-13-7(3)9/h4,6-7H,5H2,1-3H3/t7-/m1/s1. The van der Waals surface area contributed by atoms with Crippen LogP contribution >= 0.6 is 22.6 Å². The molecule has 0 saturated heterocycles. The van der Waals surface area contributed by atoms with Crippen LogP contribution in [0.4, 0.5) is 0 Å². The summed E-state index contributed by atoms with van der Waals surface area (Å²) < 4.78 is 7.43. The van der Waals surface area contributed by atoms with Crippen molar-refractivity contribution in [2.45, 2.75) is 37.5 Å². The van der Waals surface area contributed by atoms with E-state index in [-0.39, 0.29) is 4.11 Å². The van der Waals surface area contributed by atoms with Crippen molar-refractivity contribution in [2.75, 3.05) is 0 Å². The van der Waals surface area contributed by atoms with Crippen molar-refractivity contribution >= 4 is 22.6 Å². The summed E-state index contributed by atoms with van der Waals surface area (Å²) in [6.07, 6.45) is 1.92. The maximum Gasteiger partial charge on any atom is 0.108 e. The second-order valence-electron chi connectivity index (χ2n) is 3.14. The zero-order valence-electron chi connectivity index (χ0n) is 8.07. The first-order valence-corrected chi connectivity index (χ1v) is 5.50. The Morgan fingerprint density at radius 3 is 2.69 bits per heavy atom. The molecule has 0 radical (unpaired) electrons. The van der Waals surface area contributed by atoms with E-state index in [1.54, 1.807) is 0 Å². The van der Waals surface area contributed by atoms with Gasteiger partial charge in [0.15, 0.2) is 0 Å². The normalized spacial score (nSPS) is 13.6. The molecule has 1 rings (SSSR count). The fraction of sp³-hybridized carbons (Fsp3) is 0.750. The van der Waals surface area contributed by atoms with Gasteiger partial charge in [-0.05, 0) is 20.8 Å². The molecule has 0 bridgehead atoms. The summed E-state index contributed by atoms with van der Waals surface area (Å²) in [5, 5.41) is 7.97. The van der Waals surface area contributed by atoms with Gasteiger partial charge in [0.1, 0.15) is 9.80 Å². The Labute approximate surface area is 91.8 Å². The first kappa shape index (κ1) is 10.9. The van der Waals surface area contributed by atoms with E-state index in [9.17, 15) is 0 Å². The number of hydrogen-bond donors (Lipinski definition) is 0. The quantitative estimate of drug-likeness (QED) is 0.631. The Balaban J connectivity index is 2.49. The molecule has 0 saturated carbocycles. The van der Waals surface area contributed by atoms with Crippen molar-refractivity contribution in [1.29, 1.82) is 0 Å². The summed E-state index contributed by atoms with van der Waals surface area (Å²) >= 11 is 2.21. The van der Waals surface area contributed by atoms with Crippen molar-refractivity contribution in [2.24, 2.45) is 0 Å². The van der Waals surface area contributed by atoms with Crippen molar-refractivity contribution in [3.8, 4) is 0 Å². The highest BCUT2D eigenvalue weighted by Crippen LogP contribution is 2.07. The molecule has 0 amide bonds. The third-order valence-corrected chi connectivity index (χ3v) is 1.91. The maximum atomic E-state index is 5.39. The zero-order chi connectivity index (χ0) is 9.84. The van der Waals surface area contributed by atoms with Gasteiger partial charge in [-0.15, -0.1) is 5.10 Å². The molecule has 0 aliphatic rings. The second kappa shape index (κ2) is 4.90. The highest BCUT2D eigenvalue weighted by atomic mass is 127. The zero-order valence-corrected chi connectivity index (χ0v) is 10.2. The van der Waals surface area contributed by atoms with Gasteiger partial charge in [-0.3, -0.25) is 0 Å². The Morgan fingerprint density at radius 1 is 1.54 bits per heavy atom. The largest absolute Gasteiger partial charge is 0.362 e. The third kappa shape index (κ3) is 3.60. The highest BCUT2D eigenvalue weighted by Gasteiger charge is 2.04. The number of halogens is 1. The molecule has 1 aromatic heterocycles. The molecule has 74 valence electrons. The SMILES string of the molecule is CC(C)n1cc(CO[C@H](C)I)nn1. The molecule has 1 atom stereocenters. The van der Waals surface area contributed by atoms with Gasteiger partial charge in [0.25, 0.3) is 0 Å². The lowest BCUT2D eigenvalue weighted by molar-refractivity contribution is 0.118. The predicted octanol–water partition coefficient (Wildman–Crippen LogP) is 2.16. The third-order valence-electron chi connectivity index (χ3n) is 1.55. The smallest absolute Gasteiger partial charge is 0.108 e. The molecule has 0 fully saturated rings. The van der Waals surface area contributed by atoms with Crippen LogP contribution in [0.2, 0.25) is 0 Å². The van der Waals surface area contributed by atoms with Gasteiger partial charge in [-0.2, -0.15) is 0 Å². The van der Waals surface area contributed by atoms with Crippen molar-refractivity contribution in [3.63, 3.8) is 0 Å². The van der Waals surface area contributed by atoms with E-state index in [0.717, 1.165) is 5.69 Å². The van der Waals surface area contributed by atoms with Crippen LogP contribution in [0.3, 0.4) is 0 Å². The van der Waals surface area contributed by atoms with E-state index in [2.05, 4.69) is 46.8 Å². The summed E-state index contributed by atoms with van der Waals surface area (Å²) in [6.45, 7) is 6.67. The van der Waals surface area contributed by atoms with Crippen molar-refractivity contribution < 1.29 is 4.74 Å². The van der Waals surface area contributed by atoms with E-state index >= 15 is 0 Å². The van der Waals surface area contributed by atoms with Crippen LogP contribution in [0.1, 0.15) is 32.5 Å². The van der Waals surface area contributed by atoms with Crippen molar-refractivity contribution in [1.82, 2.24) is 15.0 Å². The van der Waals surface area contributed by atoms with E-state index in [4.69, 9.17) is 4.74 Å². The second-order valence-corrected chi connectivity index (χ2v) is 4.89. The summed E-state index contributed by atoms with van der Waals surface area (Å²) in [5.41, 5.74) is 0.886. The molecule has 0 spiro atoms. The topological polar surface area (TPSA) is 39.9 Å². The summed E-state index contributed by atoms with van der Waals surface area (Å²) in [7, 11) is 0. The lowest BCUT2D eigenvalue weighted by Gasteiger charge is -2.03. The molecular formula is C8H14IN3O. The minimum atomic E-state index is 0.210. The summed E-state index contributed by atoms with van der Waals surface area (Å²) in [5.74, 6) is 0. The van der Waals surface area contributed by atoms with Gasteiger partial charge in [0, 0.05) is 6.04 Å². The highest BCUT2D eigenvalue weighted by molar-refractivity contribution is 14.1. The van der Waals surface area contributed by atoms with E-state index in [0.29, 0.717) is 12.6 Å². The molecule has 0 aliphatic heterocycles. The molecule has 1 heterocycles. The number of ether oxygens (including phenoxy) is 1. The molecule has 0 N–H and O–H groups in total. The van der Waals surface area contributed by atoms with Crippen LogP contribution in [0.15, 0.2) is 6.20 Å². The molecule has 1 aromatic rings. The summed E-state index contributed by atoms with van der Waals surface area (Å²) in [6, 6.07) is 0.360. The van der Waals surface area contributed by atoms with Crippen LogP contribution in [0, 0.1) is 0 Å². The molecule has 0 unspecified atom stereocenters. The molecule has 13 heavy (non-hydrogen) atoms. The number of alkyl halides is 1. The molecule has 4 nitrogen and oxygen atoms in total. The lowest BCUT2D eigenvalue weighted by atomic mass is 10.4. The predicted molar refractivity (Wildman–Crippen MR) is 58.7 cm³/mol. The molecule has 5 heteroatoms. The summed E-state index contributed by atoms with van der Waals surface area (Å²) in [4.78, 5) is 0. The number of aromatic nitrogens is 3. The van der Waals surface area contributed by atoms with Crippen LogP contribution < -0.4 is 0 Å². The van der Waals surface area contributed by atoms with Gasteiger partial charge in [-0.1, -0.05) is 27.8 Å². The maximum absolute atomic E-state index is 5.39. The molecule has 0 aliphatic carbocycles. The minimum absolute atomic E-state index is 0.210. The average molecular weight is 295 g/mol. The van der Waals surface area contributed by atoms with Crippen molar-refractivity contribution in [3.05, 3.63) is 11.9 Å². The Morgan fingerprint density at radius 2 is 2.23 bits per heavy atom. The monoisotopic (exact) mass is 295 g/mol. The molecular weight excluding hydrogens is 281 g/mol. The lowest BCUT2D eigenvalue weighted by Crippen LogP contribution is -2.00. The van der Waals surface area contributed by atoms with E-state index in [1.807, 2.05) is 17.8 Å². The number of rotatable bonds is 4. The van der Waals surface area contributed by atoms with Gasteiger partial charge >= 0.3 is 0 Å². The number of nitrogens with zero attached hydrogens (tertiary/aromatic N) is 3. The van der Waals surface area contributed by atoms with Gasteiger partial charge in [0.2, 0.25) is 0 Å². The van der Waals surface area contributed by atoms with Crippen LogP contribution in [0.5, 0.6) is 0 Å². The van der Waals surface area contributed by atoms with Crippen LogP contribution in [0.25, 0.3) is 0 Å². The first-order valence-electron chi connectivity index (χ1n) is 4.26.